The molecule has 1 aromatic heterocycles. The lowest BCUT2D eigenvalue weighted by atomic mass is 10.1. The van der Waals surface area contributed by atoms with Crippen LogP contribution in [0.3, 0.4) is 0 Å². The molecular formula is C23H14O3. The second-order valence-electron chi connectivity index (χ2n) is 6.21. The molecule has 0 aliphatic rings. The molecule has 0 fully saturated rings. The van der Waals surface area contributed by atoms with Gasteiger partial charge in [-0.05, 0) is 47.2 Å². The van der Waals surface area contributed by atoms with Crippen LogP contribution in [-0.4, -0.2) is 5.97 Å². The molecule has 0 saturated carbocycles. The normalized spacial score (nSPS) is 11.2. The molecule has 4 aromatic carbocycles. The number of esters is 1. The number of carbonyl (C=O) groups excluding carboxylic acids is 1. The highest BCUT2D eigenvalue weighted by Crippen LogP contribution is 2.31. The van der Waals surface area contributed by atoms with E-state index in [1.165, 1.54) is 0 Å². The van der Waals surface area contributed by atoms with Crippen LogP contribution < -0.4 is 4.74 Å². The minimum absolute atomic E-state index is 0.372. The smallest absolute Gasteiger partial charge is 0.343 e. The molecule has 5 rings (SSSR count). The van der Waals surface area contributed by atoms with E-state index < -0.39 is 0 Å². The van der Waals surface area contributed by atoms with Crippen molar-refractivity contribution in [2.24, 2.45) is 0 Å². The van der Waals surface area contributed by atoms with Gasteiger partial charge in [-0.1, -0.05) is 48.5 Å². The molecule has 0 radical (unpaired) electrons. The molecule has 0 aliphatic heterocycles. The van der Waals surface area contributed by atoms with Gasteiger partial charge in [-0.15, -0.1) is 0 Å². The second kappa shape index (κ2) is 5.74. The Morgan fingerprint density at radius 3 is 2.38 bits per heavy atom. The van der Waals surface area contributed by atoms with Gasteiger partial charge in [0.1, 0.15) is 16.9 Å². The molecule has 0 bridgehead atoms. The van der Waals surface area contributed by atoms with Gasteiger partial charge in [0.05, 0.1) is 5.56 Å². The van der Waals surface area contributed by atoms with Crippen molar-refractivity contribution in [1.82, 2.24) is 0 Å². The third-order valence-corrected chi connectivity index (χ3v) is 4.54. The van der Waals surface area contributed by atoms with Crippen LogP contribution in [0.25, 0.3) is 32.7 Å². The fourth-order valence-corrected chi connectivity index (χ4v) is 3.25. The number of para-hydroxylation sites is 1. The first-order valence-corrected chi connectivity index (χ1v) is 8.40. The minimum Gasteiger partial charge on any atom is -0.456 e. The van der Waals surface area contributed by atoms with Crippen molar-refractivity contribution in [2.75, 3.05) is 0 Å². The summed E-state index contributed by atoms with van der Waals surface area (Å²) in [5, 5.41) is 4.05. The molecule has 0 aliphatic carbocycles. The Hall–Kier alpha value is -3.59. The van der Waals surface area contributed by atoms with Crippen LogP contribution in [0.4, 0.5) is 0 Å². The molecule has 5 aromatic rings. The van der Waals surface area contributed by atoms with Crippen molar-refractivity contribution in [3.05, 3.63) is 90.5 Å². The monoisotopic (exact) mass is 338 g/mol. The Morgan fingerprint density at radius 2 is 1.46 bits per heavy atom. The Bertz CT molecular complexity index is 1280. The van der Waals surface area contributed by atoms with Gasteiger partial charge in [0.2, 0.25) is 0 Å². The van der Waals surface area contributed by atoms with E-state index in [1.807, 2.05) is 72.8 Å². The number of rotatable bonds is 2. The average Bonchev–Trinajstić information content (AvgIpc) is 3.05. The van der Waals surface area contributed by atoms with Crippen LogP contribution in [0.2, 0.25) is 0 Å². The molecule has 0 saturated heterocycles. The zero-order valence-corrected chi connectivity index (χ0v) is 13.8. The lowest BCUT2D eigenvalue weighted by Crippen LogP contribution is -2.08. The number of carbonyl (C=O) groups is 1. The lowest BCUT2D eigenvalue weighted by Gasteiger charge is -2.05. The van der Waals surface area contributed by atoms with E-state index in [1.54, 1.807) is 12.1 Å². The van der Waals surface area contributed by atoms with Gasteiger partial charge in [0, 0.05) is 10.8 Å². The van der Waals surface area contributed by atoms with E-state index in [0.29, 0.717) is 11.3 Å². The Kier molecular flexibility index (Phi) is 3.25. The zero-order valence-electron chi connectivity index (χ0n) is 13.8. The summed E-state index contributed by atoms with van der Waals surface area (Å²) in [6.07, 6.45) is 0. The summed E-state index contributed by atoms with van der Waals surface area (Å²) in [6.45, 7) is 0. The summed E-state index contributed by atoms with van der Waals surface area (Å²) in [5.74, 6) is 0.130. The first-order chi connectivity index (χ1) is 12.8. The van der Waals surface area contributed by atoms with Crippen LogP contribution in [0.5, 0.6) is 5.75 Å². The molecule has 0 amide bonds. The summed E-state index contributed by atoms with van der Waals surface area (Å²) >= 11 is 0. The summed E-state index contributed by atoms with van der Waals surface area (Å²) in [4.78, 5) is 12.6. The summed E-state index contributed by atoms with van der Waals surface area (Å²) in [5.41, 5.74) is 2.12. The quantitative estimate of drug-likeness (QED) is 0.294. The second-order valence-corrected chi connectivity index (χ2v) is 6.21. The Balaban J connectivity index is 1.51. The first kappa shape index (κ1) is 14.7. The van der Waals surface area contributed by atoms with Crippen LogP contribution in [0.15, 0.2) is 89.3 Å². The Labute approximate surface area is 149 Å². The van der Waals surface area contributed by atoms with E-state index in [9.17, 15) is 4.79 Å². The number of hydrogen-bond acceptors (Lipinski definition) is 3. The molecule has 0 atom stereocenters. The maximum atomic E-state index is 12.6. The van der Waals surface area contributed by atoms with Crippen molar-refractivity contribution in [3.63, 3.8) is 0 Å². The van der Waals surface area contributed by atoms with E-state index >= 15 is 0 Å². The summed E-state index contributed by atoms with van der Waals surface area (Å²) in [7, 11) is 0. The largest absolute Gasteiger partial charge is 0.456 e. The van der Waals surface area contributed by atoms with Crippen LogP contribution >= 0.6 is 0 Å². The first-order valence-electron chi connectivity index (χ1n) is 8.40. The van der Waals surface area contributed by atoms with E-state index in [2.05, 4.69) is 0 Å². The van der Waals surface area contributed by atoms with Gasteiger partial charge in [-0.25, -0.2) is 4.79 Å². The van der Waals surface area contributed by atoms with E-state index in [4.69, 9.17) is 9.15 Å². The van der Waals surface area contributed by atoms with Crippen molar-refractivity contribution < 1.29 is 13.9 Å². The molecule has 26 heavy (non-hydrogen) atoms. The molecule has 3 nitrogen and oxygen atoms in total. The molecular weight excluding hydrogens is 324 g/mol. The maximum absolute atomic E-state index is 12.6. The minimum atomic E-state index is -0.372. The third-order valence-electron chi connectivity index (χ3n) is 4.54. The Morgan fingerprint density at radius 1 is 0.692 bits per heavy atom. The van der Waals surface area contributed by atoms with Gasteiger partial charge in [0.25, 0.3) is 0 Å². The average molecular weight is 338 g/mol. The van der Waals surface area contributed by atoms with Gasteiger partial charge >= 0.3 is 5.97 Å². The van der Waals surface area contributed by atoms with Crippen LogP contribution in [0, 0.1) is 0 Å². The van der Waals surface area contributed by atoms with Gasteiger partial charge in [0.15, 0.2) is 0 Å². The van der Waals surface area contributed by atoms with E-state index in [0.717, 1.165) is 32.7 Å². The molecule has 0 spiro atoms. The van der Waals surface area contributed by atoms with Crippen molar-refractivity contribution >= 4 is 38.7 Å². The number of furan rings is 1. The molecule has 0 N–H and O–H groups in total. The predicted molar refractivity (Wildman–Crippen MR) is 103 cm³/mol. The molecule has 124 valence electrons. The van der Waals surface area contributed by atoms with Crippen molar-refractivity contribution in [2.45, 2.75) is 0 Å². The van der Waals surface area contributed by atoms with Crippen LogP contribution in [0.1, 0.15) is 10.4 Å². The van der Waals surface area contributed by atoms with Gasteiger partial charge in [-0.2, -0.15) is 0 Å². The van der Waals surface area contributed by atoms with Crippen molar-refractivity contribution in [1.29, 1.82) is 0 Å². The number of hydrogen-bond donors (Lipinski definition) is 0. The maximum Gasteiger partial charge on any atom is 0.343 e. The number of benzene rings is 4. The number of ether oxygens (including phenoxy) is 1. The predicted octanol–water partition coefficient (Wildman–Crippen LogP) is 5.96. The highest BCUT2D eigenvalue weighted by molar-refractivity contribution is 6.05. The highest BCUT2D eigenvalue weighted by atomic mass is 16.5. The topological polar surface area (TPSA) is 39.4 Å². The number of fused-ring (bicyclic) bond motifs is 4. The lowest BCUT2D eigenvalue weighted by molar-refractivity contribution is 0.0735. The molecule has 0 unspecified atom stereocenters. The molecule has 3 heteroatoms. The fraction of sp³-hybridized carbons (Fsp3) is 0. The van der Waals surface area contributed by atoms with E-state index in [-0.39, 0.29) is 5.97 Å². The zero-order chi connectivity index (χ0) is 17.5. The van der Waals surface area contributed by atoms with Crippen LogP contribution in [-0.2, 0) is 0 Å². The summed E-state index contributed by atoms with van der Waals surface area (Å²) in [6, 6.07) is 26.8. The fourth-order valence-electron chi connectivity index (χ4n) is 3.25. The standard InChI is InChI=1S/C23H14O3/c24-23(17-10-9-15-5-1-2-6-16(15)13-17)25-18-11-12-22-20(14-18)19-7-3-4-8-21(19)26-22/h1-14H. The molecule has 1 heterocycles. The van der Waals surface area contributed by atoms with Gasteiger partial charge < -0.3 is 9.15 Å². The highest BCUT2D eigenvalue weighted by Gasteiger charge is 2.12. The third kappa shape index (κ3) is 2.42. The van der Waals surface area contributed by atoms with Crippen molar-refractivity contribution in [3.8, 4) is 5.75 Å². The SMILES string of the molecule is O=C(Oc1ccc2oc3ccccc3c2c1)c1ccc2ccccc2c1. The summed E-state index contributed by atoms with van der Waals surface area (Å²) < 4.78 is 11.4. The van der Waals surface area contributed by atoms with Gasteiger partial charge in [-0.3, -0.25) is 0 Å².